The van der Waals surface area contributed by atoms with Gasteiger partial charge in [0.15, 0.2) is 13.2 Å². The smallest absolute Gasteiger partial charge is 0.422 e. The molecule has 0 heterocycles. The van der Waals surface area contributed by atoms with Crippen LogP contribution in [-0.4, -0.2) is 43.5 Å². The summed E-state index contributed by atoms with van der Waals surface area (Å²) in [6.07, 6.45) is -8.63. The second kappa shape index (κ2) is 8.45. The summed E-state index contributed by atoms with van der Waals surface area (Å²) in [4.78, 5) is 3.71. The average molecular weight is 397 g/mol. The minimum atomic E-state index is -4.65. The lowest BCUT2D eigenvalue weighted by molar-refractivity contribution is -0.153. The second-order valence-corrected chi connectivity index (χ2v) is 4.92. The standard InChI is InChI=1S/C13H12ClF7N2O2/c14-4-10(22)23-7-1-8(24-5-12(17,18)11(15)16)3-9(2-7)25-6-13(19,20)21/h1-3,11H,4-6H2,(H2,22,23). The van der Waals surface area contributed by atoms with E-state index in [4.69, 9.17) is 17.3 Å². The third-order valence-corrected chi connectivity index (χ3v) is 2.70. The monoisotopic (exact) mass is 396 g/mol. The first kappa shape index (κ1) is 21.1. The molecule has 0 aliphatic rings. The predicted molar refractivity (Wildman–Crippen MR) is 76.4 cm³/mol. The van der Waals surface area contributed by atoms with E-state index in [0.717, 1.165) is 18.2 Å². The molecule has 0 radical (unpaired) electrons. The van der Waals surface area contributed by atoms with Gasteiger partial charge in [-0.15, -0.1) is 11.6 Å². The summed E-state index contributed by atoms with van der Waals surface area (Å²) < 4.78 is 95.6. The van der Waals surface area contributed by atoms with E-state index in [1.54, 1.807) is 0 Å². The van der Waals surface area contributed by atoms with Gasteiger partial charge in [-0.3, -0.25) is 0 Å². The van der Waals surface area contributed by atoms with Crippen LogP contribution in [-0.2, 0) is 0 Å². The highest BCUT2D eigenvalue weighted by molar-refractivity contribution is 6.28. The van der Waals surface area contributed by atoms with Gasteiger partial charge in [-0.05, 0) is 0 Å². The molecule has 0 spiro atoms. The van der Waals surface area contributed by atoms with Crippen molar-refractivity contribution in [1.29, 1.82) is 0 Å². The van der Waals surface area contributed by atoms with Gasteiger partial charge in [-0.1, -0.05) is 0 Å². The fraction of sp³-hybridized carbons (Fsp3) is 0.462. The Morgan fingerprint density at radius 1 is 1.04 bits per heavy atom. The van der Waals surface area contributed by atoms with Gasteiger partial charge in [0.1, 0.15) is 17.3 Å². The molecule has 0 aliphatic heterocycles. The van der Waals surface area contributed by atoms with E-state index in [0.29, 0.717) is 0 Å². The van der Waals surface area contributed by atoms with E-state index in [-0.39, 0.29) is 17.4 Å². The maximum Gasteiger partial charge on any atom is 0.422 e. The van der Waals surface area contributed by atoms with Crippen LogP contribution < -0.4 is 15.2 Å². The first-order chi connectivity index (χ1) is 11.4. The highest BCUT2D eigenvalue weighted by atomic mass is 35.5. The van der Waals surface area contributed by atoms with Crippen LogP contribution in [0.25, 0.3) is 0 Å². The molecular formula is C13H12ClF7N2O2. The van der Waals surface area contributed by atoms with Crippen LogP contribution in [0.15, 0.2) is 23.2 Å². The number of alkyl halides is 8. The van der Waals surface area contributed by atoms with Gasteiger partial charge in [0, 0.05) is 18.2 Å². The molecule has 0 amide bonds. The van der Waals surface area contributed by atoms with Crippen molar-refractivity contribution in [1.82, 2.24) is 0 Å². The van der Waals surface area contributed by atoms with Gasteiger partial charge < -0.3 is 15.2 Å². The third-order valence-electron chi connectivity index (χ3n) is 2.43. The van der Waals surface area contributed by atoms with Crippen molar-refractivity contribution in [3.63, 3.8) is 0 Å². The fourth-order valence-corrected chi connectivity index (χ4v) is 1.45. The molecule has 0 saturated heterocycles. The molecule has 142 valence electrons. The number of amidine groups is 1. The zero-order valence-electron chi connectivity index (χ0n) is 12.3. The minimum absolute atomic E-state index is 0.117. The predicted octanol–water partition coefficient (Wildman–Crippen LogP) is 4.13. The summed E-state index contributed by atoms with van der Waals surface area (Å²) in [5.41, 5.74) is 5.25. The van der Waals surface area contributed by atoms with Crippen molar-refractivity contribution in [2.75, 3.05) is 19.1 Å². The van der Waals surface area contributed by atoms with Crippen molar-refractivity contribution < 1.29 is 40.2 Å². The maximum absolute atomic E-state index is 12.9. The van der Waals surface area contributed by atoms with Crippen LogP contribution in [0.2, 0.25) is 0 Å². The lowest BCUT2D eigenvalue weighted by Gasteiger charge is -2.17. The van der Waals surface area contributed by atoms with Crippen LogP contribution in [0.3, 0.4) is 0 Å². The van der Waals surface area contributed by atoms with Crippen LogP contribution in [0, 0.1) is 0 Å². The summed E-state index contributed by atoms with van der Waals surface area (Å²) in [5, 5.41) is 0. The Labute approximate surface area is 142 Å². The Bertz CT molecular complexity index is 609. The first-order valence-corrected chi connectivity index (χ1v) is 6.99. The topological polar surface area (TPSA) is 56.8 Å². The molecule has 0 aromatic heterocycles. The number of hydrogen-bond acceptors (Lipinski definition) is 3. The van der Waals surface area contributed by atoms with Crippen LogP contribution in [0.5, 0.6) is 11.5 Å². The average Bonchev–Trinajstić information content (AvgIpc) is 2.50. The summed E-state index contributed by atoms with van der Waals surface area (Å²) in [7, 11) is 0. The van der Waals surface area contributed by atoms with Gasteiger partial charge >= 0.3 is 18.5 Å². The summed E-state index contributed by atoms with van der Waals surface area (Å²) >= 11 is 5.41. The van der Waals surface area contributed by atoms with Crippen LogP contribution in [0.4, 0.5) is 36.4 Å². The Hall–Kier alpha value is -1.91. The molecule has 0 unspecified atom stereocenters. The van der Waals surface area contributed by atoms with E-state index in [2.05, 4.69) is 14.5 Å². The summed E-state index contributed by atoms with van der Waals surface area (Å²) in [6.45, 7) is -3.36. The Morgan fingerprint density at radius 3 is 2.00 bits per heavy atom. The van der Waals surface area contributed by atoms with Crippen molar-refractivity contribution in [2.24, 2.45) is 10.7 Å². The number of hydrogen-bond donors (Lipinski definition) is 1. The van der Waals surface area contributed by atoms with Gasteiger partial charge in [0.25, 0.3) is 0 Å². The van der Waals surface area contributed by atoms with Gasteiger partial charge in [0.05, 0.1) is 11.6 Å². The zero-order chi connectivity index (χ0) is 19.3. The normalized spacial score (nSPS) is 13.2. The first-order valence-electron chi connectivity index (χ1n) is 6.45. The van der Waals surface area contributed by atoms with Crippen molar-refractivity contribution in [3.8, 4) is 11.5 Å². The Balaban J connectivity index is 3.03. The molecule has 0 fully saturated rings. The second-order valence-electron chi connectivity index (χ2n) is 4.65. The summed E-state index contributed by atoms with van der Waals surface area (Å²) in [5.74, 6) is -5.68. The molecule has 0 saturated carbocycles. The Morgan fingerprint density at radius 2 is 1.56 bits per heavy atom. The molecule has 1 rings (SSSR count). The molecule has 0 aliphatic carbocycles. The number of aliphatic imine (C=N–C) groups is 1. The fourth-order valence-electron chi connectivity index (χ4n) is 1.39. The van der Waals surface area contributed by atoms with Crippen molar-refractivity contribution in [2.45, 2.75) is 18.5 Å². The maximum atomic E-state index is 12.9. The molecule has 1 aromatic carbocycles. The SMILES string of the molecule is NC(CCl)=Nc1cc(OCC(F)(F)F)cc(OCC(F)(F)C(F)F)c1. The van der Waals surface area contributed by atoms with Gasteiger partial charge in [-0.25, -0.2) is 13.8 Å². The molecule has 1 aromatic rings. The van der Waals surface area contributed by atoms with E-state index in [9.17, 15) is 30.7 Å². The summed E-state index contributed by atoms with van der Waals surface area (Å²) in [6, 6.07) is 2.84. The molecule has 2 N–H and O–H groups in total. The third kappa shape index (κ3) is 7.67. The number of nitrogens with zero attached hydrogens (tertiary/aromatic N) is 1. The minimum Gasteiger partial charge on any atom is -0.487 e. The van der Waals surface area contributed by atoms with Crippen molar-refractivity contribution in [3.05, 3.63) is 18.2 Å². The molecule has 4 nitrogen and oxygen atoms in total. The largest absolute Gasteiger partial charge is 0.487 e. The number of benzene rings is 1. The van der Waals surface area contributed by atoms with Crippen molar-refractivity contribution >= 4 is 23.1 Å². The van der Waals surface area contributed by atoms with Crippen LogP contribution in [0.1, 0.15) is 0 Å². The number of nitrogens with two attached hydrogens (primary N) is 1. The van der Waals surface area contributed by atoms with E-state index in [1.807, 2.05) is 0 Å². The number of rotatable bonds is 8. The number of ether oxygens (including phenoxy) is 2. The van der Waals surface area contributed by atoms with Crippen LogP contribution >= 0.6 is 11.6 Å². The number of halogens is 8. The highest BCUT2D eigenvalue weighted by Crippen LogP contribution is 2.31. The lowest BCUT2D eigenvalue weighted by Crippen LogP contribution is -2.33. The molecule has 0 atom stereocenters. The Kier molecular flexibility index (Phi) is 7.15. The molecule has 25 heavy (non-hydrogen) atoms. The quantitative estimate of drug-likeness (QED) is 0.311. The molecular weight excluding hydrogens is 385 g/mol. The highest BCUT2D eigenvalue weighted by Gasteiger charge is 2.41. The van der Waals surface area contributed by atoms with Gasteiger partial charge in [-0.2, -0.15) is 22.0 Å². The van der Waals surface area contributed by atoms with E-state index >= 15 is 0 Å². The van der Waals surface area contributed by atoms with E-state index in [1.165, 1.54) is 0 Å². The lowest BCUT2D eigenvalue weighted by atomic mass is 10.2. The molecule has 12 heteroatoms. The molecule has 0 bridgehead atoms. The van der Waals surface area contributed by atoms with E-state index < -0.39 is 43.2 Å². The van der Waals surface area contributed by atoms with Gasteiger partial charge in [0.2, 0.25) is 0 Å². The zero-order valence-corrected chi connectivity index (χ0v) is 13.1.